The minimum atomic E-state index is -0.788. The molecule has 92 valence electrons. The fourth-order valence-corrected chi connectivity index (χ4v) is 1.78. The highest BCUT2D eigenvalue weighted by Gasteiger charge is 2.14. The zero-order chi connectivity index (χ0) is 12.6. The largest absolute Gasteiger partial charge is 0.399 e. The van der Waals surface area contributed by atoms with Gasteiger partial charge in [-0.3, -0.25) is 4.57 Å². The molecular weight excluding hydrogens is 218 g/mol. The fourth-order valence-electron chi connectivity index (χ4n) is 1.78. The molecule has 5 nitrogen and oxygen atoms in total. The summed E-state index contributed by atoms with van der Waals surface area (Å²) in [5, 5.41) is 9.68. The minimum absolute atomic E-state index is 0.171. The van der Waals surface area contributed by atoms with Crippen LogP contribution < -0.4 is 11.4 Å². The van der Waals surface area contributed by atoms with Crippen molar-refractivity contribution in [2.75, 3.05) is 5.73 Å². The SMILES string of the molecule is CC(C)(O)CCn1c(=O)[nH]c2ccc(N)cc21. The topological polar surface area (TPSA) is 84.0 Å². The summed E-state index contributed by atoms with van der Waals surface area (Å²) in [4.78, 5) is 14.5. The van der Waals surface area contributed by atoms with Gasteiger partial charge in [-0.2, -0.15) is 0 Å². The van der Waals surface area contributed by atoms with Crippen molar-refractivity contribution in [1.29, 1.82) is 0 Å². The molecule has 2 rings (SSSR count). The Morgan fingerprint density at radius 3 is 2.82 bits per heavy atom. The molecule has 0 aliphatic carbocycles. The third kappa shape index (κ3) is 2.50. The second kappa shape index (κ2) is 3.92. The zero-order valence-electron chi connectivity index (χ0n) is 10.0. The van der Waals surface area contributed by atoms with Crippen LogP contribution in [0.15, 0.2) is 23.0 Å². The van der Waals surface area contributed by atoms with Crippen LogP contribution in [0.1, 0.15) is 20.3 Å². The highest BCUT2D eigenvalue weighted by atomic mass is 16.3. The van der Waals surface area contributed by atoms with Crippen LogP contribution in [0.25, 0.3) is 11.0 Å². The highest BCUT2D eigenvalue weighted by molar-refractivity contribution is 5.78. The van der Waals surface area contributed by atoms with E-state index >= 15 is 0 Å². The number of aromatic amines is 1. The van der Waals surface area contributed by atoms with E-state index in [0.29, 0.717) is 18.7 Å². The second-order valence-corrected chi connectivity index (χ2v) is 4.92. The van der Waals surface area contributed by atoms with E-state index < -0.39 is 5.60 Å². The molecule has 4 N–H and O–H groups in total. The quantitative estimate of drug-likeness (QED) is 0.696. The summed E-state index contributed by atoms with van der Waals surface area (Å²) in [6.07, 6.45) is 0.509. The number of H-pyrrole nitrogens is 1. The first kappa shape index (κ1) is 11.7. The minimum Gasteiger partial charge on any atom is -0.399 e. The van der Waals surface area contributed by atoms with E-state index in [1.54, 1.807) is 36.6 Å². The van der Waals surface area contributed by atoms with Crippen molar-refractivity contribution in [2.24, 2.45) is 0 Å². The van der Waals surface area contributed by atoms with Gasteiger partial charge in [0, 0.05) is 12.2 Å². The van der Waals surface area contributed by atoms with Crippen molar-refractivity contribution in [2.45, 2.75) is 32.4 Å². The summed E-state index contributed by atoms with van der Waals surface area (Å²) in [6.45, 7) is 3.91. The van der Waals surface area contributed by atoms with E-state index in [0.717, 1.165) is 11.0 Å². The molecule has 0 aliphatic rings. The third-order valence-corrected chi connectivity index (χ3v) is 2.75. The third-order valence-electron chi connectivity index (χ3n) is 2.75. The van der Waals surface area contributed by atoms with Gasteiger partial charge in [-0.25, -0.2) is 4.79 Å². The van der Waals surface area contributed by atoms with Crippen LogP contribution in [0, 0.1) is 0 Å². The average molecular weight is 235 g/mol. The number of rotatable bonds is 3. The summed E-state index contributed by atoms with van der Waals surface area (Å²) >= 11 is 0. The summed E-state index contributed by atoms with van der Waals surface area (Å²) in [6, 6.07) is 5.29. The predicted molar refractivity (Wildman–Crippen MR) is 67.9 cm³/mol. The molecule has 0 bridgehead atoms. The lowest BCUT2D eigenvalue weighted by atomic mass is 10.1. The standard InChI is InChI=1S/C12H17N3O2/c1-12(2,17)5-6-15-10-7-8(13)3-4-9(10)14-11(15)16/h3-4,7,17H,5-6,13H2,1-2H3,(H,14,16). The number of aryl methyl sites for hydroxylation is 1. The van der Waals surface area contributed by atoms with Crippen LogP contribution in [0.3, 0.4) is 0 Å². The van der Waals surface area contributed by atoms with Crippen LogP contribution in [-0.4, -0.2) is 20.3 Å². The van der Waals surface area contributed by atoms with Gasteiger partial charge in [-0.1, -0.05) is 0 Å². The first-order chi connectivity index (χ1) is 7.87. The molecule has 17 heavy (non-hydrogen) atoms. The Balaban J connectivity index is 2.42. The molecule has 1 aromatic carbocycles. The monoisotopic (exact) mass is 235 g/mol. The maximum Gasteiger partial charge on any atom is 0.326 e. The molecule has 0 aliphatic heterocycles. The van der Waals surface area contributed by atoms with Crippen LogP contribution in [-0.2, 0) is 6.54 Å². The first-order valence-electron chi connectivity index (χ1n) is 5.57. The normalized spacial score (nSPS) is 12.2. The molecule has 0 saturated carbocycles. The second-order valence-electron chi connectivity index (χ2n) is 4.92. The number of nitrogens with one attached hydrogen (secondary N) is 1. The van der Waals surface area contributed by atoms with Crippen molar-refractivity contribution in [3.05, 3.63) is 28.7 Å². The molecule has 0 amide bonds. The number of anilines is 1. The Hall–Kier alpha value is -1.75. The molecule has 0 radical (unpaired) electrons. The number of imidazole rings is 1. The molecule has 2 aromatic rings. The van der Waals surface area contributed by atoms with Gasteiger partial charge in [0.05, 0.1) is 16.6 Å². The molecule has 5 heteroatoms. The first-order valence-corrected chi connectivity index (χ1v) is 5.57. The van der Waals surface area contributed by atoms with Crippen molar-refractivity contribution >= 4 is 16.7 Å². The van der Waals surface area contributed by atoms with Gasteiger partial charge < -0.3 is 15.8 Å². The lowest BCUT2D eigenvalue weighted by Gasteiger charge is -2.16. The fraction of sp³-hybridized carbons (Fsp3) is 0.417. The Kier molecular flexibility index (Phi) is 2.71. The van der Waals surface area contributed by atoms with Crippen molar-refractivity contribution in [3.63, 3.8) is 0 Å². The van der Waals surface area contributed by atoms with Crippen molar-refractivity contribution in [1.82, 2.24) is 9.55 Å². The number of fused-ring (bicyclic) bond motifs is 1. The zero-order valence-corrected chi connectivity index (χ0v) is 10.0. The van der Waals surface area contributed by atoms with Gasteiger partial charge in [0.15, 0.2) is 0 Å². The Morgan fingerprint density at radius 2 is 2.18 bits per heavy atom. The Bertz CT molecular complexity index is 590. The van der Waals surface area contributed by atoms with Crippen LogP contribution in [0.4, 0.5) is 5.69 Å². The number of nitrogen functional groups attached to an aromatic ring is 1. The number of aromatic nitrogens is 2. The number of nitrogens with two attached hydrogens (primary N) is 1. The van der Waals surface area contributed by atoms with E-state index in [9.17, 15) is 9.90 Å². The number of hydrogen-bond acceptors (Lipinski definition) is 3. The van der Waals surface area contributed by atoms with Crippen LogP contribution >= 0.6 is 0 Å². The maximum atomic E-state index is 11.8. The number of benzene rings is 1. The highest BCUT2D eigenvalue weighted by Crippen LogP contribution is 2.16. The molecule has 0 fully saturated rings. The summed E-state index contributed by atoms with van der Waals surface area (Å²) in [5.74, 6) is 0. The van der Waals surface area contributed by atoms with Gasteiger partial charge in [0.1, 0.15) is 0 Å². The summed E-state index contributed by atoms with van der Waals surface area (Å²) in [5.41, 5.74) is 6.91. The lowest BCUT2D eigenvalue weighted by molar-refractivity contribution is 0.0663. The molecule has 0 spiro atoms. The van der Waals surface area contributed by atoms with Crippen molar-refractivity contribution < 1.29 is 5.11 Å². The summed E-state index contributed by atoms with van der Waals surface area (Å²) < 4.78 is 1.60. The Morgan fingerprint density at radius 1 is 1.47 bits per heavy atom. The number of aliphatic hydroxyl groups is 1. The molecule has 0 saturated heterocycles. The molecular formula is C12H17N3O2. The predicted octanol–water partition coefficient (Wildman–Crippen LogP) is 1.07. The molecule has 1 heterocycles. The number of hydrogen-bond donors (Lipinski definition) is 3. The van der Waals surface area contributed by atoms with Crippen LogP contribution in [0.5, 0.6) is 0 Å². The van der Waals surface area contributed by atoms with Crippen LogP contribution in [0.2, 0.25) is 0 Å². The molecule has 0 unspecified atom stereocenters. The lowest BCUT2D eigenvalue weighted by Crippen LogP contribution is -2.25. The van der Waals surface area contributed by atoms with E-state index in [4.69, 9.17) is 5.73 Å². The van der Waals surface area contributed by atoms with Gasteiger partial charge in [-0.05, 0) is 38.5 Å². The average Bonchev–Trinajstić information content (AvgIpc) is 2.49. The smallest absolute Gasteiger partial charge is 0.326 e. The van der Waals surface area contributed by atoms with Gasteiger partial charge in [0.25, 0.3) is 0 Å². The summed E-state index contributed by atoms with van der Waals surface area (Å²) in [7, 11) is 0. The van der Waals surface area contributed by atoms with E-state index in [1.807, 2.05) is 0 Å². The van der Waals surface area contributed by atoms with Gasteiger partial charge in [-0.15, -0.1) is 0 Å². The maximum absolute atomic E-state index is 11.8. The van der Waals surface area contributed by atoms with Crippen molar-refractivity contribution in [3.8, 4) is 0 Å². The van der Waals surface area contributed by atoms with E-state index in [-0.39, 0.29) is 5.69 Å². The number of nitrogens with zero attached hydrogens (tertiary/aromatic N) is 1. The van der Waals surface area contributed by atoms with Gasteiger partial charge >= 0.3 is 5.69 Å². The van der Waals surface area contributed by atoms with Gasteiger partial charge in [0.2, 0.25) is 0 Å². The Labute approximate surface area is 98.9 Å². The molecule has 0 atom stereocenters. The van der Waals surface area contributed by atoms with E-state index in [2.05, 4.69) is 4.98 Å². The van der Waals surface area contributed by atoms with E-state index in [1.165, 1.54) is 0 Å². The molecule has 1 aromatic heterocycles.